The molecule has 1 aliphatic heterocycles. The maximum absolute atomic E-state index is 13.4. The highest BCUT2D eigenvalue weighted by atomic mass is 31.3. The van der Waals surface area contributed by atoms with Crippen LogP contribution in [0.4, 0.5) is 15.4 Å². The summed E-state index contributed by atoms with van der Waals surface area (Å²) >= 11 is 0. The highest BCUT2D eigenvalue weighted by Gasteiger charge is 2.53. The number of nitrogens with zero attached hydrogens (tertiary/aromatic N) is 4. The minimum Gasteiger partial charge on any atom is -0.497 e. The van der Waals surface area contributed by atoms with E-state index in [0.29, 0.717) is 22.3 Å². The highest BCUT2D eigenvalue weighted by Crippen LogP contribution is 2.68. The molecule has 1 saturated heterocycles. The molecule has 7 rings (SSSR count). The van der Waals surface area contributed by atoms with Gasteiger partial charge in [-0.05, 0) is 40.6 Å². The number of imidazole rings is 1. The van der Waals surface area contributed by atoms with E-state index in [1.807, 2.05) is 0 Å². The van der Waals surface area contributed by atoms with Crippen molar-refractivity contribution in [2.45, 2.75) is 30.7 Å². The third-order valence-electron chi connectivity index (χ3n) is 8.99. The monoisotopic (exact) mass is 931 g/mol. The molecule has 2 aromatic heterocycles. The molecular weight excluding hydrogens is 895 g/mol. The topological polar surface area (TPSA) is 308 Å². The number of anilines is 1. The molecule has 7 unspecified atom stereocenters. The Morgan fingerprint density at radius 2 is 1.35 bits per heavy atom. The summed E-state index contributed by atoms with van der Waals surface area (Å²) in [5.74, 6) is 0.485. The molecule has 0 amide bonds. The number of aromatic nitrogens is 4. The van der Waals surface area contributed by atoms with E-state index < -0.39 is 72.9 Å². The molecule has 26 heteroatoms. The van der Waals surface area contributed by atoms with Crippen molar-refractivity contribution in [2.75, 3.05) is 26.6 Å². The largest absolute Gasteiger partial charge is 0.514 e. The first-order valence-corrected chi connectivity index (χ1v) is 22.9. The summed E-state index contributed by atoms with van der Waals surface area (Å²) in [6.07, 6.45) is -8.22. The number of carbonyl (C=O) groups excluding carboxylic acids is 2. The van der Waals surface area contributed by atoms with Crippen LogP contribution in [0, 0.1) is 0 Å². The molecule has 0 radical (unpaired) electrons. The molecule has 7 atom stereocenters. The average Bonchev–Trinajstić information content (AvgIpc) is 3.80. The number of carbonyl (C=O) groups is 2. The molecule has 6 aromatic rings. The van der Waals surface area contributed by atoms with Gasteiger partial charge in [-0.15, -0.1) is 0 Å². The van der Waals surface area contributed by atoms with Crippen molar-refractivity contribution in [1.29, 1.82) is 0 Å². The van der Waals surface area contributed by atoms with Gasteiger partial charge in [0, 0.05) is 12.1 Å². The van der Waals surface area contributed by atoms with Gasteiger partial charge in [-0.2, -0.15) is 4.31 Å². The van der Waals surface area contributed by atoms with Crippen LogP contribution in [0.3, 0.4) is 0 Å². The number of phosphoric acid groups is 2. The zero-order valence-electron chi connectivity index (χ0n) is 32.7. The van der Waals surface area contributed by atoms with Crippen molar-refractivity contribution in [1.82, 2.24) is 19.5 Å². The van der Waals surface area contributed by atoms with Crippen LogP contribution in [0.25, 0.3) is 21.9 Å². The van der Waals surface area contributed by atoms with Gasteiger partial charge in [0.25, 0.3) is 0 Å². The number of rotatable bonds is 16. The fourth-order valence-corrected chi connectivity index (χ4v) is 10.5. The minimum atomic E-state index is -5.87. The Kier molecular flexibility index (Phi) is 13.4. The van der Waals surface area contributed by atoms with E-state index >= 15 is 0 Å². The molecule has 0 bridgehead atoms. The summed E-state index contributed by atoms with van der Waals surface area (Å²) in [7, 11) is -13.9. The van der Waals surface area contributed by atoms with E-state index in [1.54, 1.807) is 48.5 Å². The second-order valence-corrected chi connectivity index (χ2v) is 18.2. The van der Waals surface area contributed by atoms with Crippen molar-refractivity contribution < 1.29 is 84.3 Å². The molecule has 3 heterocycles. The third-order valence-corrected chi connectivity index (χ3v) is 13.7. The summed E-state index contributed by atoms with van der Waals surface area (Å²) < 4.78 is 92.9. The van der Waals surface area contributed by atoms with E-state index in [2.05, 4.69) is 23.6 Å². The first kappa shape index (κ1) is 45.1. The van der Waals surface area contributed by atoms with Gasteiger partial charge in [0.05, 0.1) is 33.3 Å². The number of benzene rings is 4. The first-order valence-electron chi connectivity index (χ1n) is 18.2. The predicted octanol–water partition coefficient (Wildman–Crippen LogP) is 6.28. The lowest BCUT2D eigenvalue weighted by Crippen LogP contribution is -2.42. The Hall–Kier alpha value is -5.96. The maximum Gasteiger partial charge on any atom is 0.514 e. The molecule has 4 aromatic carbocycles. The Labute approximate surface area is 355 Å². The zero-order valence-corrected chi connectivity index (χ0v) is 35.4. The van der Waals surface area contributed by atoms with Gasteiger partial charge in [0.2, 0.25) is 0 Å². The normalized spacial score (nSPS) is 20.2. The van der Waals surface area contributed by atoms with Gasteiger partial charge < -0.3 is 53.6 Å². The number of ether oxygens (including phenoxy) is 7. The average molecular weight is 932 g/mol. The van der Waals surface area contributed by atoms with E-state index in [4.69, 9.17) is 43.4 Å². The number of fused-ring (bicyclic) bond motifs is 2. The summed E-state index contributed by atoms with van der Waals surface area (Å²) in [5.41, 5.74) is 6.35. The summed E-state index contributed by atoms with van der Waals surface area (Å²) in [6, 6.07) is 23.3. The number of hydrogen-bond acceptors (Lipinski definition) is 19. The Morgan fingerprint density at radius 3 is 2.02 bits per heavy atom. The number of nitrogen functional groups attached to an aromatic ring is 1. The fraction of sp³-hybridized carbons (Fsp3) is 0.216. The van der Waals surface area contributed by atoms with Gasteiger partial charge in [-0.25, -0.2) is 38.0 Å². The lowest BCUT2D eigenvalue weighted by Gasteiger charge is -2.24. The van der Waals surface area contributed by atoms with Crippen molar-refractivity contribution in [2.24, 2.45) is 0 Å². The summed E-state index contributed by atoms with van der Waals surface area (Å²) in [6.45, 7) is -1.14. The molecule has 1 aliphatic rings. The van der Waals surface area contributed by atoms with Gasteiger partial charge in [0.15, 0.2) is 29.9 Å². The van der Waals surface area contributed by atoms with Crippen LogP contribution < -0.4 is 24.7 Å². The molecular formula is C37H36N5O18P3. The van der Waals surface area contributed by atoms with Crippen LogP contribution in [-0.2, 0) is 47.2 Å². The number of nitrogens with two attached hydrogens (primary N) is 1. The number of methoxy groups -OCH3 is 2. The molecule has 0 spiro atoms. The van der Waals surface area contributed by atoms with Crippen LogP contribution in [0.1, 0.15) is 11.8 Å². The molecule has 332 valence electrons. The predicted molar refractivity (Wildman–Crippen MR) is 217 cm³/mol. The Balaban J connectivity index is 1.15. The molecule has 0 saturated carbocycles. The van der Waals surface area contributed by atoms with Gasteiger partial charge in [0.1, 0.15) is 40.9 Å². The highest BCUT2D eigenvalue weighted by molar-refractivity contribution is 7.68. The summed E-state index contributed by atoms with van der Waals surface area (Å²) in [5, 5.41) is 1.23. The van der Waals surface area contributed by atoms with E-state index in [-0.39, 0.29) is 34.0 Å². The first-order chi connectivity index (χ1) is 30.0. The van der Waals surface area contributed by atoms with Gasteiger partial charge >= 0.3 is 35.6 Å². The van der Waals surface area contributed by atoms with Crippen LogP contribution >= 0.6 is 23.2 Å². The van der Waals surface area contributed by atoms with Crippen LogP contribution in [0.5, 0.6) is 23.0 Å². The zero-order chi connectivity index (χ0) is 44.9. The molecule has 23 nitrogen and oxygen atoms in total. The van der Waals surface area contributed by atoms with Crippen LogP contribution in [0.15, 0.2) is 104 Å². The second kappa shape index (κ2) is 18.8. The smallest absolute Gasteiger partial charge is 0.497 e. The molecule has 63 heavy (non-hydrogen) atoms. The van der Waals surface area contributed by atoms with Crippen LogP contribution in [0.2, 0.25) is 0 Å². The number of hydrogen-bond donors (Lipinski definition) is 4. The van der Waals surface area contributed by atoms with Crippen molar-refractivity contribution in [3.63, 3.8) is 0 Å². The van der Waals surface area contributed by atoms with Crippen LogP contribution in [-0.4, -0.2) is 85.6 Å². The SMILES string of the molecule is COc1cccc(OC(=O)OC2C(COP(=O)(O)OP(=O)(O)OP(=O)(O)Cc3cccc4ccccc34)OC(n3cnc4c(N)ncnc43)C2OC(=O)Oc2cccc(OC)c2)c1. The minimum absolute atomic E-state index is 0.0213. The maximum atomic E-state index is 13.4. The van der Waals surface area contributed by atoms with E-state index in [0.717, 1.165) is 6.33 Å². The van der Waals surface area contributed by atoms with Gasteiger partial charge in [-0.3, -0.25) is 13.7 Å². The Morgan fingerprint density at radius 1 is 0.746 bits per heavy atom. The third kappa shape index (κ3) is 11.2. The van der Waals surface area contributed by atoms with Gasteiger partial charge in [-0.1, -0.05) is 54.6 Å². The number of phosphoric ester groups is 1. The summed E-state index contributed by atoms with van der Waals surface area (Å²) in [4.78, 5) is 70.8. The molecule has 0 aliphatic carbocycles. The van der Waals surface area contributed by atoms with Crippen molar-refractivity contribution in [3.05, 3.63) is 109 Å². The van der Waals surface area contributed by atoms with Crippen molar-refractivity contribution >= 4 is 63.3 Å². The lowest BCUT2D eigenvalue weighted by atomic mass is 10.1. The second-order valence-electron chi connectivity index (χ2n) is 13.2. The molecule has 5 N–H and O–H groups in total. The molecule has 1 fully saturated rings. The fourth-order valence-electron chi connectivity index (χ4n) is 6.35. The lowest BCUT2D eigenvalue weighted by molar-refractivity contribution is -0.0565. The van der Waals surface area contributed by atoms with E-state index in [1.165, 1.54) is 67.6 Å². The standard InChI is InChI=1S/C37H36N5O18P3/c1-51-24-11-6-13-26(16-24)54-36(43)57-31-29(18-53-62(47,48)60-63(49,50)59-61(45,46)19-23-10-5-9-22-8-3-4-15-28(22)23)56-35(42-21-41-30-33(38)39-20-40-34(30)42)32(31)58-37(44)55-27-14-7-12-25(17-27)52-2/h3-17,20-21,29,31-32,35H,18-19H2,1-2H3,(H,45,46)(H,47,48)(H,49,50)(H2,38,39,40). The Bertz CT molecular complexity index is 2790. The van der Waals surface area contributed by atoms with E-state index in [9.17, 15) is 38.0 Å². The van der Waals surface area contributed by atoms with Crippen molar-refractivity contribution in [3.8, 4) is 23.0 Å². The quantitative estimate of drug-likeness (QED) is 0.0471.